The minimum atomic E-state index is -0.247. The second kappa shape index (κ2) is 2.60. The monoisotopic (exact) mass is 163 g/mol. The molecule has 0 aromatic rings. The highest BCUT2D eigenvalue weighted by atomic mass is 16.5. The third kappa shape index (κ3) is 0.899. The van der Waals surface area contributed by atoms with Crippen LogP contribution in [0.3, 0.4) is 0 Å². The molecular weight excluding hydrogens is 150 g/mol. The maximum absolute atomic E-state index is 8.95. The predicted molar refractivity (Wildman–Crippen MR) is 45.3 cm³/mol. The van der Waals surface area contributed by atoms with Crippen molar-refractivity contribution < 1.29 is 4.74 Å². The van der Waals surface area contributed by atoms with E-state index in [1.165, 1.54) is 6.42 Å². The van der Waals surface area contributed by atoms with E-state index < -0.39 is 0 Å². The van der Waals surface area contributed by atoms with Crippen LogP contribution < -0.4 is 0 Å². The first-order chi connectivity index (χ1) is 5.80. The molecule has 2 heteroatoms. The van der Waals surface area contributed by atoms with Crippen molar-refractivity contribution in [2.24, 2.45) is 11.8 Å². The van der Waals surface area contributed by atoms with Crippen LogP contribution in [-0.4, -0.2) is 12.7 Å². The zero-order valence-corrected chi connectivity index (χ0v) is 7.29. The molecule has 0 aromatic heterocycles. The Morgan fingerprint density at radius 2 is 2.50 bits per heavy atom. The number of hydrogen-bond acceptors (Lipinski definition) is 2. The van der Waals surface area contributed by atoms with E-state index in [1.807, 2.05) is 0 Å². The first kappa shape index (κ1) is 7.82. The van der Waals surface area contributed by atoms with Gasteiger partial charge in [0.1, 0.15) is 5.60 Å². The van der Waals surface area contributed by atoms with Crippen molar-refractivity contribution in [3.8, 4) is 6.07 Å². The molecule has 0 aromatic carbocycles. The molecule has 2 bridgehead atoms. The Bertz CT molecular complexity index is 253. The van der Waals surface area contributed by atoms with E-state index in [-0.39, 0.29) is 11.5 Å². The minimum Gasteiger partial charge on any atom is -0.373 e. The molecule has 1 saturated carbocycles. The van der Waals surface area contributed by atoms with Crippen LogP contribution in [0.1, 0.15) is 19.3 Å². The molecule has 0 radical (unpaired) electrons. The van der Waals surface area contributed by atoms with Crippen molar-refractivity contribution >= 4 is 0 Å². The fraction of sp³-hybridized carbons (Fsp3) is 0.700. The third-order valence-corrected chi connectivity index (χ3v) is 3.22. The van der Waals surface area contributed by atoms with Crippen LogP contribution in [0.25, 0.3) is 0 Å². The summed E-state index contributed by atoms with van der Waals surface area (Å²) >= 11 is 0. The predicted octanol–water partition coefficient (Wildman–Crippen LogP) is 1.88. The summed E-state index contributed by atoms with van der Waals surface area (Å²) in [5.74, 6) is 0.706. The van der Waals surface area contributed by atoms with Crippen LogP contribution in [0.2, 0.25) is 0 Å². The van der Waals surface area contributed by atoms with E-state index >= 15 is 0 Å². The molecule has 64 valence electrons. The molecule has 0 spiro atoms. The van der Waals surface area contributed by atoms with Gasteiger partial charge in [-0.15, -0.1) is 0 Å². The van der Waals surface area contributed by atoms with Gasteiger partial charge in [-0.1, -0.05) is 12.2 Å². The van der Waals surface area contributed by atoms with E-state index in [2.05, 4.69) is 18.2 Å². The van der Waals surface area contributed by atoms with Crippen molar-refractivity contribution in [1.82, 2.24) is 0 Å². The highest BCUT2D eigenvalue weighted by Crippen LogP contribution is 2.44. The fourth-order valence-electron chi connectivity index (χ4n) is 2.35. The number of rotatable bonds is 1. The van der Waals surface area contributed by atoms with E-state index in [9.17, 15) is 0 Å². The lowest BCUT2D eigenvalue weighted by atomic mass is 9.66. The summed E-state index contributed by atoms with van der Waals surface area (Å²) in [6.07, 6.45) is 7.49. The number of ether oxygens (including phenoxy) is 1. The van der Waals surface area contributed by atoms with Crippen LogP contribution in [0.4, 0.5) is 0 Å². The van der Waals surface area contributed by atoms with Gasteiger partial charge in [0.2, 0.25) is 0 Å². The van der Waals surface area contributed by atoms with Gasteiger partial charge in [-0.05, 0) is 25.2 Å². The van der Waals surface area contributed by atoms with Gasteiger partial charge in [-0.3, -0.25) is 0 Å². The molecule has 1 fully saturated rings. The molecule has 12 heavy (non-hydrogen) atoms. The van der Waals surface area contributed by atoms with Crippen molar-refractivity contribution in [2.75, 3.05) is 7.11 Å². The maximum atomic E-state index is 8.95. The van der Waals surface area contributed by atoms with Gasteiger partial charge in [-0.25, -0.2) is 0 Å². The van der Waals surface area contributed by atoms with Gasteiger partial charge in [0.05, 0.1) is 12.0 Å². The molecule has 0 heterocycles. The van der Waals surface area contributed by atoms with Gasteiger partial charge in [-0.2, -0.15) is 5.26 Å². The third-order valence-electron chi connectivity index (χ3n) is 3.22. The summed E-state index contributed by atoms with van der Waals surface area (Å²) < 4.78 is 5.46. The van der Waals surface area contributed by atoms with Crippen LogP contribution in [0, 0.1) is 23.2 Å². The molecule has 0 amide bonds. The molecule has 2 nitrogen and oxygen atoms in total. The Morgan fingerprint density at radius 3 is 2.92 bits per heavy atom. The van der Waals surface area contributed by atoms with Crippen LogP contribution in [0.15, 0.2) is 12.2 Å². The number of hydrogen-bond donors (Lipinski definition) is 0. The molecule has 3 aliphatic carbocycles. The summed E-state index contributed by atoms with van der Waals surface area (Å²) in [6.45, 7) is 0. The minimum absolute atomic E-state index is 0.0752. The Labute approximate surface area is 72.8 Å². The zero-order valence-electron chi connectivity index (χ0n) is 7.29. The van der Waals surface area contributed by atoms with Crippen molar-refractivity contribution in [3.05, 3.63) is 12.2 Å². The Balaban J connectivity index is 2.33. The molecular formula is C10H13NO. The first-order valence-corrected chi connectivity index (χ1v) is 4.45. The lowest BCUT2D eigenvalue weighted by Crippen LogP contribution is -2.45. The van der Waals surface area contributed by atoms with Crippen molar-refractivity contribution in [3.63, 3.8) is 0 Å². The van der Waals surface area contributed by atoms with Gasteiger partial charge < -0.3 is 4.74 Å². The lowest BCUT2D eigenvalue weighted by Gasteiger charge is -2.44. The highest BCUT2D eigenvalue weighted by Gasteiger charge is 2.44. The molecule has 0 aliphatic heterocycles. The van der Waals surface area contributed by atoms with Gasteiger partial charge in [0.25, 0.3) is 0 Å². The van der Waals surface area contributed by atoms with E-state index in [1.54, 1.807) is 7.11 Å². The Kier molecular flexibility index (Phi) is 1.69. The van der Waals surface area contributed by atoms with Crippen LogP contribution in [-0.2, 0) is 4.74 Å². The van der Waals surface area contributed by atoms with Crippen LogP contribution >= 0.6 is 0 Å². The van der Waals surface area contributed by atoms with E-state index in [0.717, 1.165) is 12.8 Å². The molecule has 3 atom stereocenters. The normalized spacial score (nSPS) is 44.3. The number of methoxy groups -OCH3 is 1. The summed E-state index contributed by atoms with van der Waals surface area (Å²) in [4.78, 5) is 0. The standard InChI is InChI=1S/C10H13NO/c1-12-10-4-2-8(3-5-10)6-9(10)7-11/h2,4,8-9H,3,5-6H2,1H3/t8-,9+,10+/m0/s1. The number of fused-ring (bicyclic) bond motifs is 2. The van der Waals surface area contributed by atoms with Gasteiger partial charge in [0, 0.05) is 7.11 Å². The smallest absolute Gasteiger partial charge is 0.102 e. The maximum Gasteiger partial charge on any atom is 0.102 e. The molecule has 0 N–H and O–H groups in total. The Morgan fingerprint density at radius 1 is 1.67 bits per heavy atom. The van der Waals surface area contributed by atoms with E-state index in [0.29, 0.717) is 5.92 Å². The van der Waals surface area contributed by atoms with Gasteiger partial charge in [0.15, 0.2) is 0 Å². The van der Waals surface area contributed by atoms with Crippen molar-refractivity contribution in [1.29, 1.82) is 5.26 Å². The topological polar surface area (TPSA) is 33.0 Å². The average Bonchev–Trinajstić information content (AvgIpc) is 2.19. The highest BCUT2D eigenvalue weighted by molar-refractivity contribution is 5.21. The molecule has 3 aliphatic rings. The average molecular weight is 163 g/mol. The van der Waals surface area contributed by atoms with E-state index in [4.69, 9.17) is 10.00 Å². The van der Waals surface area contributed by atoms with Crippen molar-refractivity contribution in [2.45, 2.75) is 24.9 Å². The largest absolute Gasteiger partial charge is 0.373 e. The Hall–Kier alpha value is -0.810. The second-order valence-corrected chi connectivity index (χ2v) is 3.73. The molecule has 0 unspecified atom stereocenters. The summed E-state index contributed by atoms with van der Waals surface area (Å²) in [7, 11) is 1.71. The SMILES string of the molecule is CO[C@]12C=C[C@@H](CC1)C[C@@H]2C#N. The summed E-state index contributed by atoms with van der Waals surface area (Å²) in [6, 6.07) is 2.35. The lowest BCUT2D eigenvalue weighted by molar-refractivity contribution is -0.0419. The van der Waals surface area contributed by atoms with Crippen LogP contribution in [0.5, 0.6) is 0 Å². The molecule has 0 saturated heterocycles. The number of nitriles is 1. The zero-order chi connectivity index (χ0) is 8.60. The summed E-state index contributed by atoms with van der Waals surface area (Å²) in [5, 5.41) is 8.95. The summed E-state index contributed by atoms with van der Waals surface area (Å²) in [5.41, 5.74) is -0.247. The number of nitrogens with zero attached hydrogens (tertiary/aromatic N) is 1. The fourth-order valence-corrected chi connectivity index (χ4v) is 2.35. The van der Waals surface area contributed by atoms with Gasteiger partial charge >= 0.3 is 0 Å². The first-order valence-electron chi connectivity index (χ1n) is 4.45. The quantitative estimate of drug-likeness (QED) is 0.553. The number of allylic oxidation sites excluding steroid dienone is 1. The molecule has 3 rings (SSSR count). The second-order valence-electron chi connectivity index (χ2n) is 3.73.